The number of rotatable bonds is 7. The van der Waals surface area contributed by atoms with Gasteiger partial charge in [0.25, 0.3) is 5.91 Å². The standard InChI is InChI=1S/C13H22N2O4S/c1-5-11-12(10(4)19-15-11)13(16)14-6-7-20(17,18)8-9(2)3/h9H,5-8H2,1-4H3,(H,14,16). The average molecular weight is 302 g/mol. The number of aromatic nitrogens is 1. The van der Waals surface area contributed by atoms with Gasteiger partial charge >= 0.3 is 0 Å². The summed E-state index contributed by atoms with van der Waals surface area (Å²) in [6.45, 7) is 7.34. The molecule has 6 nitrogen and oxygen atoms in total. The molecular formula is C13H22N2O4S. The van der Waals surface area contributed by atoms with E-state index < -0.39 is 9.84 Å². The van der Waals surface area contributed by atoms with Crippen LogP contribution in [-0.4, -0.2) is 37.5 Å². The molecule has 0 bridgehead atoms. The van der Waals surface area contributed by atoms with Gasteiger partial charge in [0.15, 0.2) is 9.84 Å². The van der Waals surface area contributed by atoms with E-state index in [2.05, 4.69) is 10.5 Å². The maximum Gasteiger partial charge on any atom is 0.256 e. The molecule has 0 fully saturated rings. The predicted octanol–water partition coefficient (Wildman–Crippen LogP) is 1.35. The Kier molecular flexibility index (Phi) is 5.74. The summed E-state index contributed by atoms with van der Waals surface area (Å²) < 4.78 is 28.4. The van der Waals surface area contributed by atoms with E-state index in [0.717, 1.165) is 0 Å². The Morgan fingerprint density at radius 3 is 2.60 bits per heavy atom. The van der Waals surface area contributed by atoms with Gasteiger partial charge in [-0.05, 0) is 19.3 Å². The number of nitrogens with one attached hydrogen (secondary N) is 1. The van der Waals surface area contributed by atoms with E-state index in [1.165, 1.54) is 0 Å². The van der Waals surface area contributed by atoms with Crippen molar-refractivity contribution in [3.63, 3.8) is 0 Å². The predicted molar refractivity (Wildman–Crippen MR) is 76.4 cm³/mol. The van der Waals surface area contributed by atoms with Gasteiger partial charge in [-0.2, -0.15) is 0 Å². The first-order chi connectivity index (χ1) is 9.26. The van der Waals surface area contributed by atoms with Gasteiger partial charge in [-0.3, -0.25) is 4.79 Å². The fraction of sp³-hybridized carbons (Fsp3) is 0.692. The zero-order valence-corrected chi connectivity index (χ0v) is 13.2. The maximum absolute atomic E-state index is 12.0. The molecule has 1 heterocycles. The zero-order valence-electron chi connectivity index (χ0n) is 12.4. The molecule has 0 saturated heterocycles. The highest BCUT2D eigenvalue weighted by Crippen LogP contribution is 2.13. The van der Waals surface area contributed by atoms with Gasteiger partial charge in [-0.15, -0.1) is 0 Å². The monoisotopic (exact) mass is 302 g/mol. The summed E-state index contributed by atoms with van der Waals surface area (Å²) in [4.78, 5) is 12.0. The minimum atomic E-state index is -3.12. The van der Waals surface area contributed by atoms with Gasteiger partial charge in [0, 0.05) is 6.54 Å². The van der Waals surface area contributed by atoms with Crippen LogP contribution in [0.2, 0.25) is 0 Å². The van der Waals surface area contributed by atoms with Gasteiger partial charge in [0.05, 0.1) is 17.2 Å². The lowest BCUT2D eigenvalue weighted by Gasteiger charge is -2.08. The average Bonchev–Trinajstić information content (AvgIpc) is 2.68. The SMILES string of the molecule is CCc1noc(C)c1C(=O)NCCS(=O)(=O)CC(C)C. The Hall–Kier alpha value is -1.37. The number of sulfone groups is 1. The summed E-state index contributed by atoms with van der Waals surface area (Å²) in [5, 5.41) is 6.41. The lowest BCUT2D eigenvalue weighted by molar-refractivity contribution is 0.0954. The number of nitrogens with zero attached hydrogens (tertiary/aromatic N) is 1. The number of hydrogen-bond acceptors (Lipinski definition) is 5. The molecule has 0 unspecified atom stereocenters. The second kappa shape index (κ2) is 6.88. The molecule has 1 N–H and O–H groups in total. The lowest BCUT2D eigenvalue weighted by Crippen LogP contribution is -2.31. The topological polar surface area (TPSA) is 89.3 Å². The lowest BCUT2D eigenvalue weighted by atomic mass is 10.1. The van der Waals surface area contributed by atoms with Gasteiger partial charge < -0.3 is 9.84 Å². The smallest absolute Gasteiger partial charge is 0.256 e. The first-order valence-corrected chi connectivity index (χ1v) is 8.52. The fourth-order valence-electron chi connectivity index (χ4n) is 1.95. The summed E-state index contributed by atoms with van der Waals surface area (Å²) in [6.07, 6.45) is 0.589. The molecule has 1 rings (SSSR count). The minimum Gasteiger partial charge on any atom is -0.361 e. The quantitative estimate of drug-likeness (QED) is 0.821. The van der Waals surface area contributed by atoms with Crippen molar-refractivity contribution in [3.8, 4) is 0 Å². The molecule has 0 spiro atoms. The molecule has 1 aromatic heterocycles. The van der Waals surface area contributed by atoms with E-state index in [9.17, 15) is 13.2 Å². The number of amides is 1. The molecule has 0 saturated carbocycles. The summed E-state index contributed by atoms with van der Waals surface area (Å²) in [6, 6.07) is 0. The van der Waals surface area contributed by atoms with Crippen molar-refractivity contribution in [2.24, 2.45) is 5.92 Å². The third-order valence-corrected chi connectivity index (χ3v) is 4.78. The van der Waals surface area contributed by atoms with Crippen molar-refractivity contribution in [1.82, 2.24) is 10.5 Å². The van der Waals surface area contributed by atoms with Gasteiger partial charge in [0.1, 0.15) is 11.3 Å². The third-order valence-electron chi connectivity index (χ3n) is 2.78. The first-order valence-electron chi connectivity index (χ1n) is 6.70. The van der Waals surface area contributed by atoms with Crippen LogP contribution < -0.4 is 5.32 Å². The number of aryl methyl sites for hydroxylation is 2. The van der Waals surface area contributed by atoms with Crippen LogP contribution in [-0.2, 0) is 16.3 Å². The highest BCUT2D eigenvalue weighted by atomic mass is 32.2. The fourth-order valence-corrected chi connectivity index (χ4v) is 3.55. The molecule has 0 atom stereocenters. The number of carbonyl (C=O) groups excluding carboxylic acids is 1. The molecule has 0 aliphatic carbocycles. The zero-order chi connectivity index (χ0) is 15.3. The van der Waals surface area contributed by atoms with Gasteiger partial charge in [0.2, 0.25) is 0 Å². The van der Waals surface area contributed by atoms with E-state index in [1.54, 1.807) is 6.92 Å². The van der Waals surface area contributed by atoms with Crippen molar-refractivity contribution in [3.05, 3.63) is 17.0 Å². The second-order valence-electron chi connectivity index (χ2n) is 5.18. The molecule has 7 heteroatoms. The Bertz CT molecular complexity index is 561. The Morgan fingerprint density at radius 2 is 2.05 bits per heavy atom. The molecule has 0 radical (unpaired) electrons. The normalized spacial score (nSPS) is 11.8. The van der Waals surface area contributed by atoms with E-state index in [1.807, 2.05) is 20.8 Å². The molecular weight excluding hydrogens is 280 g/mol. The van der Waals surface area contributed by atoms with Crippen LogP contribution in [0.25, 0.3) is 0 Å². The Labute approximate surface area is 119 Å². The van der Waals surface area contributed by atoms with Crippen molar-refractivity contribution >= 4 is 15.7 Å². The van der Waals surface area contributed by atoms with Crippen LogP contribution in [0.1, 0.15) is 42.6 Å². The van der Waals surface area contributed by atoms with Crippen molar-refractivity contribution in [1.29, 1.82) is 0 Å². The summed E-state index contributed by atoms with van der Waals surface area (Å²) in [5.41, 5.74) is 0.999. The van der Waals surface area contributed by atoms with Crippen LogP contribution in [0.15, 0.2) is 4.52 Å². The number of hydrogen-bond donors (Lipinski definition) is 1. The van der Waals surface area contributed by atoms with Gasteiger partial charge in [-0.1, -0.05) is 25.9 Å². The van der Waals surface area contributed by atoms with Crippen LogP contribution >= 0.6 is 0 Å². The van der Waals surface area contributed by atoms with Crippen LogP contribution in [0.5, 0.6) is 0 Å². The molecule has 114 valence electrons. The Morgan fingerprint density at radius 1 is 1.40 bits per heavy atom. The highest BCUT2D eigenvalue weighted by Gasteiger charge is 2.20. The molecule has 0 aliphatic heterocycles. The van der Waals surface area contributed by atoms with Crippen molar-refractivity contribution in [2.75, 3.05) is 18.1 Å². The second-order valence-corrected chi connectivity index (χ2v) is 7.41. The number of carbonyl (C=O) groups is 1. The Balaban J connectivity index is 2.58. The molecule has 0 aromatic carbocycles. The van der Waals surface area contributed by atoms with E-state index in [0.29, 0.717) is 23.4 Å². The van der Waals surface area contributed by atoms with E-state index >= 15 is 0 Å². The molecule has 1 amide bonds. The minimum absolute atomic E-state index is 0.0529. The largest absolute Gasteiger partial charge is 0.361 e. The molecule has 20 heavy (non-hydrogen) atoms. The summed E-state index contributed by atoms with van der Waals surface area (Å²) in [5.74, 6) is 0.283. The summed E-state index contributed by atoms with van der Waals surface area (Å²) in [7, 11) is -3.12. The summed E-state index contributed by atoms with van der Waals surface area (Å²) >= 11 is 0. The van der Waals surface area contributed by atoms with Crippen LogP contribution in [0.3, 0.4) is 0 Å². The molecule has 1 aromatic rings. The van der Waals surface area contributed by atoms with Gasteiger partial charge in [-0.25, -0.2) is 8.42 Å². The van der Waals surface area contributed by atoms with Crippen molar-refractivity contribution in [2.45, 2.75) is 34.1 Å². The maximum atomic E-state index is 12.0. The van der Waals surface area contributed by atoms with E-state index in [-0.39, 0.29) is 29.9 Å². The molecule has 0 aliphatic rings. The first kappa shape index (κ1) is 16.7. The van der Waals surface area contributed by atoms with E-state index in [4.69, 9.17) is 4.52 Å². The van der Waals surface area contributed by atoms with Crippen molar-refractivity contribution < 1.29 is 17.7 Å². The highest BCUT2D eigenvalue weighted by molar-refractivity contribution is 7.91. The van der Waals surface area contributed by atoms with Crippen LogP contribution in [0.4, 0.5) is 0 Å². The third kappa shape index (κ3) is 4.63. The van der Waals surface area contributed by atoms with Crippen LogP contribution in [0, 0.1) is 12.8 Å².